The molecule has 0 aliphatic rings. The first-order valence-electron chi connectivity index (χ1n) is 7.54. The Morgan fingerprint density at radius 2 is 2.00 bits per heavy atom. The third kappa shape index (κ3) is 5.49. The van der Waals surface area contributed by atoms with E-state index < -0.39 is 0 Å². The van der Waals surface area contributed by atoms with Gasteiger partial charge in [0.15, 0.2) is 0 Å². The van der Waals surface area contributed by atoms with Crippen LogP contribution in [0.25, 0.3) is 0 Å². The van der Waals surface area contributed by atoms with Gasteiger partial charge >= 0.3 is 0 Å². The van der Waals surface area contributed by atoms with Crippen molar-refractivity contribution in [2.45, 2.75) is 26.8 Å². The lowest BCUT2D eigenvalue weighted by molar-refractivity contribution is 0.233. The molecule has 1 rings (SSSR count). The zero-order chi connectivity index (χ0) is 14.8. The Morgan fingerprint density at radius 1 is 1.25 bits per heavy atom. The van der Waals surface area contributed by atoms with Crippen molar-refractivity contribution >= 4 is 0 Å². The molecule has 0 fully saturated rings. The van der Waals surface area contributed by atoms with E-state index in [2.05, 4.69) is 24.1 Å². The quantitative estimate of drug-likeness (QED) is 0.688. The molecule has 0 radical (unpaired) electrons. The summed E-state index contributed by atoms with van der Waals surface area (Å²) in [6.07, 6.45) is 0. The summed E-state index contributed by atoms with van der Waals surface area (Å²) in [5.74, 6) is 0.856. The van der Waals surface area contributed by atoms with E-state index in [1.54, 1.807) is 0 Å². The van der Waals surface area contributed by atoms with Crippen molar-refractivity contribution in [3.63, 3.8) is 0 Å². The smallest absolute Gasteiger partial charge is 0.119 e. The van der Waals surface area contributed by atoms with Crippen LogP contribution in [-0.2, 0) is 0 Å². The number of rotatable bonds is 10. The molecule has 1 unspecified atom stereocenters. The number of ether oxygens (including phenoxy) is 1. The first kappa shape index (κ1) is 17.0. The molecule has 0 saturated carbocycles. The molecule has 0 amide bonds. The highest BCUT2D eigenvalue weighted by Gasteiger charge is 2.11. The van der Waals surface area contributed by atoms with Crippen molar-refractivity contribution < 1.29 is 9.84 Å². The Morgan fingerprint density at radius 3 is 2.60 bits per heavy atom. The summed E-state index contributed by atoms with van der Waals surface area (Å²) in [7, 11) is 0. The zero-order valence-electron chi connectivity index (χ0n) is 12.9. The van der Waals surface area contributed by atoms with Gasteiger partial charge in [-0.05, 0) is 37.7 Å². The Balaban J connectivity index is 2.54. The molecular weight excluding hydrogens is 252 g/mol. The van der Waals surface area contributed by atoms with E-state index >= 15 is 0 Å². The van der Waals surface area contributed by atoms with Gasteiger partial charge in [0, 0.05) is 13.1 Å². The first-order chi connectivity index (χ1) is 9.74. The maximum atomic E-state index is 9.56. The maximum Gasteiger partial charge on any atom is 0.119 e. The second kappa shape index (κ2) is 9.75. The van der Waals surface area contributed by atoms with Crippen LogP contribution in [0.15, 0.2) is 24.3 Å². The topological polar surface area (TPSA) is 44.7 Å². The molecule has 0 bridgehead atoms. The number of nitrogens with one attached hydrogen (secondary N) is 1. The summed E-state index contributed by atoms with van der Waals surface area (Å²) in [5.41, 5.74) is 1.07. The number of benzene rings is 1. The minimum atomic E-state index is -0.0361. The predicted octanol–water partition coefficient (Wildman–Crippen LogP) is 2.05. The Kier molecular flexibility index (Phi) is 8.26. The van der Waals surface area contributed by atoms with Crippen molar-refractivity contribution in [1.29, 1.82) is 0 Å². The molecule has 1 atom stereocenters. The van der Waals surface area contributed by atoms with Crippen molar-refractivity contribution in [2.75, 3.05) is 39.4 Å². The lowest BCUT2D eigenvalue weighted by Gasteiger charge is -2.22. The van der Waals surface area contributed by atoms with E-state index in [1.807, 2.05) is 31.2 Å². The van der Waals surface area contributed by atoms with E-state index in [-0.39, 0.29) is 12.6 Å². The molecule has 0 heterocycles. The van der Waals surface area contributed by atoms with E-state index in [4.69, 9.17) is 4.74 Å². The largest absolute Gasteiger partial charge is 0.494 e. The Hall–Kier alpha value is -1.10. The first-order valence-corrected chi connectivity index (χ1v) is 7.54. The molecule has 114 valence electrons. The van der Waals surface area contributed by atoms with Crippen molar-refractivity contribution in [2.24, 2.45) is 0 Å². The van der Waals surface area contributed by atoms with Gasteiger partial charge in [0.2, 0.25) is 0 Å². The molecule has 0 spiro atoms. The van der Waals surface area contributed by atoms with Gasteiger partial charge < -0.3 is 20.1 Å². The monoisotopic (exact) mass is 280 g/mol. The fourth-order valence-electron chi connectivity index (χ4n) is 2.21. The summed E-state index contributed by atoms with van der Waals surface area (Å²) in [6, 6.07) is 7.89. The summed E-state index contributed by atoms with van der Waals surface area (Å²) in [4.78, 5) is 2.36. The molecule has 4 nitrogen and oxygen atoms in total. The van der Waals surface area contributed by atoms with Crippen LogP contribution in [0.1, 0.15) is 32.4 Å². The molecule has 4 heteroatoms. The average molecular weight is 280 g/mol. The van der Waals surface area contributed by atoms with E-state index in [0.29, 0.717) is 6.61 Å². The van der Waals surface area contributed by atoms with E-state index in [9.17, 15) is 5.11 Å². The fourth-order valence-corrected chi connectivity index (χ4v) is 2.21. The third-order valence-corrected chi connectivity index (χ3v) is 3.47. The van der Waals surface area contributed by atoms with Gasteiger partial charge in [0.05, 0.1) is 19.3 Å². The van der Waals surface area contributed by atoms with Crippen molar-refractivity contribution in [3.8, 4) is 5.75 Å². The molecule has 0 saturated heterocycles. The SMILES string of the molecule is CCOc1cccc(C(CO)NCCN(CC)CC)c1. The molecular formula is C16H28N2O2. The number of aliphatic hydroxyl groups is 1. The summed E-state index contributed by atoms with van der Waals surface area (Å²) < 4.78 is 5.50. The summed E-state index contributed by atoms with van der Waals surface area (Å²) >= 11 is 0. The van der Waals surface area contributed by atoms with Crippen molar-refractivity contribution in [3.05, 3.63) is 29.8 Å². The third-order valence-electron chi connectivity index (χ3n) is 3.47. The van der Waals surface area contributed by atoms with Gasteiger partial charge in [-0.2, -0.15) is 0 Å². The normalized spacial score (nSPS) is 12.7. The second-order valence-corrected chi connectivity index (χ2v) is 4.72. The number of aliphatic hydroxyl groups excluding tert-OH is 1. The van der Waals surface area contributed by atoms with E-state index in [1.165, 1.54) is 0 Å². The number of nitrogens with zero attached hydrogens (tertiary/aromatic N) is 1. The predicted molar refractivity (Wildman–Crippen MR) is 83.2 cm³/mol. The maximum absolute atomic E-state index is 9.56. The van der Waals surface area contributed by atoms with Gasteiger partial charge in [0.25, 0.3) is 0 Å². The number of hydrogen-bond donors (Lipinski definition) is 2. The van der Waals surface area contributed by atoms with Gasteiger partial charge in [-0.15, -0.1) is 0 Å². The minimum absolute atomic E-state index is 0.0361. The van der Waals surface area contributed by atoms with Gasteiger partial charge in [-0.3, -0.25) is 0 Å². The van der Waals surface area contributed by atoms with Crippen LogP contribution in [0.2, 0.25) is 0 Å². The number of likely N-dealkylation sites (N-methyl/N-ethyl adjacent to an activating group) is 1. The highest BCUT2D eigenvalue weighted by molar-refractivity contribution is 5.30. The molecule has 0 aromatic heterocycles. The summed E-state index contributed by atoms with van der Waals surface area (Å²) in [5, 5.41) is 13.0. The summed E-state index contributed by atoms with van der Waals surface area (Å²) in [6.45, 7) is 11.0. The van der Waals surface area contributed by atoms with Crippen LogP contribution < -0.4 is 10.1 Å². The molecule has 1 aromatic carbocycles. The van der Waals surface area contributed by atoms with Gasteiger partial charge in [-0.25, -0.2) is 0 Å². The van der Waals surface area contributed by atoms with Crippen LogP contribution in [-0.4, -0.2) is 49.4 Å². The zero-order valence-corrected chi connectivity index (χ0v) is 12.9. The van der Waals surface area contributed by atoms with E-state index in [0.717, 1.165) is 37.5 Å². The van der Waals surface area contributed by atoms with Gasteiger partial charge in [-0.1, -0.05) is 26.0 Å². The minimum Gasteiger partial charge on any atom is -0.494 e. The molecule has 2 N–H and O–H groups in total. The average Bonchev–Trinajstić information content (AvgIpc) is 2.48. The fraction of sp³-hybridized carbons (Fsp3) is 0.625. The second-order valence-electron chi connectivity index (χ2n) is 4.72. The van der Waals surface area contributed by atoms with Crippen LogP contribution in [0.4, 0.5) is 0 Å². The number of hydrogen-bond acceptors (Lipinski definition) is 4. The standard InChI is InChI=1S/C16H28N2O2/c1-4-18(5-2)11-10-17-16(13-19)14-8-7-9-15(12-14)20-6-3/h7-9,12,16-17,19H,4-6,10-11,13H2,1-3H3. The lowest BCUT2D eigenvalue weighted by Crippen LogP contribution is -2.34. The Labute approximate surface area is 122 Å². The lowest BCUT2D eigenvalue weighted by atomic mass is 10.1. The molecule has 0 aliphatic carbocycles. The molecule has 0 aliphatic heterocycles. The molecule has 20 heavy (non-hydrogen) atoms. The highest BCUT2D eigenvalue weighted by atomic mass is 16.5. The van der Waals surface area contributed by atoms with Crippen molar-refractivity contribution in [1.82, 2.24) is 10.2 Å². The van der Waals surface area contributed by atoms with Crippen LogP contribution in [0, 0.1) is 0 Å². The highest BCUT2D eigenvalue weighted by Crippen LogP contribution is 2.19. The van der Waals surface area contributed by atoms with Gasteiger partial charge in [0.1, 0.15) is 5.75 Å². The van der Waals surface area contributed by atoms with Crippen LogP contribution in [0.3, 0.4) is 0 Å². The Bertz CT molecular complexity index is 367. The van der Waals surface area contributed by atoms with Crippen LogP contribution in [0.5, 0.6) is 5.75 Å². The van der Waals surface area contributed by atoms with Crippen LogP contribution >= 0.6 is 0 Å². The molecule has 1 aromatic rings.